The summed E-state index contributed by atoms with van der Waals surface area (Å²) in [6, 6.07) is 9.21. The lowest BCUT2D eigenvalue weighted by molar-refractivity contribution is 0.233. The molecule has 2 fully saturated rings. The van der Waals surface area contributed by atoms with Crippen LogP contribution in [0.25, 0.3) is 0 Å². The van der Waals surface area contributed by atoms with E-state index >= 15 is 0 Å². The molecule has 1 atom stereocenters. The van der Waals surface area contributed by atoms with Gasteiger partial charge in [0.1, 0.15) is 0 Å². The monoisotopic (exact) mass is 438 g/mol. The fourth-order valence-corrected chi connectivity index (χ4v) is 5.62. The van der Waals surface area contributed by atoms with Crippen LogP contribution in [0.3, 0.4) is 0 Å². The largest absolute Gasteiger partial charge is 0.370 e. The summed E-state index contributed by atoms with van der Waals surface area (Å²) >= 11 is 0. The Balaban J connectivity index is 1.15. The highest BCUT2D eigenvalue weighted by atomic mass is 15.4. The van der Waals surface area contributed by atoms with E-state index in [9.17, 15) is 0 Å². The molecule has 2 aliphatic heterocycles. The summed E-state index contributed by atoms with van der Waals surface area (Å²) in [5.74, 6) is 2.28. The van der Waals surface area contributed by atoms with Crippen LogP contribution in [0.2, 0.25) is 0 Å². The van der Waals surface area contributed by atoms with Crippen molar-refractivity contribution < 1.29 is 0 Å². The summed E-state index contributed by atoms with van der Waals surface area (Å²) in [7, 11) is 0. The van der Waals surface area contributed by atoms with Crippen LogP contribution in [0.1, 0.15) is 62.5 Å². The number of nitrogens with one attached hydrogen (secondary N) is 1. The average molecular weight is 439 g/mol. The van der Waals surface area contributed by atoms with Gasteiger partial charge in [-0.3, -0.25) is 10.4 Å². The number of nitrogens with two attached hydrogens (primary N) is 1. The van der Waals surface area contributed by atoms with E-state index < -0.39 is 0 Å². The first-order valence-electron chi connectivity index (χ1n) is 12.8. The lowest BCUT2D eigenvalue weighted by Gasteiger charge is -2.32. The van der Waals surface area contributed by atoms with Crippen molar-refractivity contribution in [1.82, 2.24) is 14.7 Å². The van der Waals surface area contributed by atoms with Gasteiger partial charge < -0.3 is 20.4 Å². The number of guanidine groups is 2. The lowest BCUT2D eigenvalue weighted by Crippen LogP contribution is -2.43. The summed E-state index contributed by atoms with van der Waals surface area (Å²) in [5.41, 5.74) is 8.92. The van der Waals surface area contributed by atoms with E-state index in [0.717, 1.165) is 70.4 Å². The quantitative estimate of drug-likeness (QED) is 0.545. The normalized spacial score (nSPS) is 22.2. The van der Waals surface area contributed by atoms with Crippen LogP contribution in [0, 0.1) is 18.3 Å². The summed E-state index contributed by atoms with van der Waals surface area (Å²) < 4.78 is 0. The van der Waals surface area contributed by atoms with E-state index in [1.165, 1.54) is 49.7 Å². The zero-order valence-corrected chi connectivity index (χ0v) is 19.9. The standard InChI is InChI=1S/C26H42N6/c1-21-8-7-11-22(18-21)13-15-31-17-16-30(26(31)28)14-6-5-12-24-19-29-25(27)32(24)20-23-9-3-2-4-10-23/h7-8,11,18,23-24,28H,2-6,9-10,12-17,19-20H2,1H3,(H2,27,29)/t24-/m0/s1. The Hall–Kier alpha value is -2.24. The topological polar surface area (TPSA) is 72.0 Å². The first-order chi connectivity index (χ1) is 15.6. The molecule has 1 aromatic carbocycles. The van der Waals surface area contributed by atoms with Crippen LogP contribution >= 0.6 is 0 Å². The van der Waals surface area contributed by atoms with Crippen LogP contribution in [0.15, 0.2) is 29.3 Å². The first kappa shape index (κ1) is 22.9. The Labute approximate surface area is 194 Å². The number of hydrogen-bond donors (Lipinski definition) is 2. The second-order valence-electron chi connectivity index (χ2n) is 10.0. The molecule has 3 N–H and O–H groups in total. The molecule has 1 saturated carbocycles. The molecule has 176 valence electrons. The number of aryl methyl sites for hydroxylation is 1. The summed E-state index contributed by atoms with van der Waals surface area (Å²) in [5, 5.41) is 8.58. The Morgan fingerprint density at radius 3 is 2.62 bits per heavy atom. The highest BCUT2D eigenvalue weighted by Crippen LogP contribution is 2.27. The molecule has 2 heterocycles. The van der Waals surface area contributed by atoms with Crippen molar-refractivity contribution >= 4 is 11.9 Å². The van der Waals surface area contributed by atoms with Crippen LogP contribution in [-0.4, -0.2) is 71.9 Å². The number of aliphatic imine (C=N–C) groups is 1. The third kappa shape index (κ3) is 5.96. The highest BCUT2D eigenvalue weighted by Gasteiger charge is 2.29. The molecule has 1 saturated heterocycles. The molecule has 3 aliphatic rings. The van der Waals surface area contributed by atoms with Gasteiger partial charge in [0.05, 0.1) is 12.6 Å². The minimum absolute atomic E-state index is 0.487. The number of nitrogens with zero attached hydrogens (tertiary/aromatic N) is 4. The predicted octanol–water partition coefficient (Wildman–Crippen LogP) is 3.84. The fraction of sp³-hybridized carbons (Fsp3) is 0.692. The fourth-order valence-electron chi connectivity index (χ4n) is 5.62. The van der Waals surface area contributed by atoms with Gasteiger partial charge in [0.25, 0.3) is 0 Å². The second kappa shape index (κ2) is 11.1. The van der Waals surface area contributed by atoms with Gasteiger partial charge in [-0.2, -0.15) is 0 Å². The van der Waals surface area contributed by atoms with Crippen molar-refractivity contribution in [3.63, 3.8) is 0 Å². The Bertz CT molecular complexity index is 784. The molecule has 0 bridgehead atoms. The smallest absolute Gasteiger partial charge is 0.193 e. The van der Waals surface area contributed by atoms with Crippen molar-refractivity contribution in [2.24, 2.45) is 16.6 Å². The van der Waals surface area contributed by atoms with E-state index in [1.54, 1.807) is 0 Å². The van der Waals surface area contributed by atoms with Gasteiger partial charge >= 0.3 is 0 Å². The molecule has 0 unspecified atom stereocenters. The number of hydrogen-bond acceptors (Lipinski definition) is 4. The van der Waals surface area contributed by atoms with Gasteiger partial charge in [-0.05, 0) is 56.9 Å². The number of rotatable bonds is 10. The average Bonchev–Trinajstić information content (AvgIpc) is 3.33. The molecule has 1 aliphatic carbocycles. The maximum atomic E-state index is 8.58. The third-order valence-corrected chi connectivity index (χ3v) is 7.59. The van der Waals surface area contributed by atoms with Crippen molar-refractivity contribution in [2.75, 3.05) is 39.3 Å². The Morgan fingerprint density at radius 1 is 1.06 bits per heavy atom. The van der Waals surface area contributed by atoms with Crippen molar-refractivity contribution in [3.05, 3.63) is 35.4 Å². The van der Waals surface area contributed by atoms with Crippen molar-refractivity contribution in [3.8, 4) is 0 Å². The molecule has 6 heteroatoms. The molecule has 32 heavy (non-hydrogen) atoms. The molecule has 6 nitrogen and oxygen atoms in total. The van der Waals surface area contributed by atoms with E-state index in [0.29, 0.717) is 12.0 Å². The zero-order chi connectivity index (χ0) is 22.3. The molecular formula is C26H42N6. The van der Waals surface area contributed by atoms with E-state index in [2.05, 4.69) is 50.9 Å². The summed E-state index contributed by atoms with van der Waals surface area (Å²) in [6.45, 7) is 8.01. The Kier molecular flexibility index (Phi) is 7.93. The molecule has 1 aromatic rings. The minimum Gasteiger partial charge on any atom is -0.370 e. The molecular weight excluding hydrogens is 396 g/mol. The van der Waals surface area contributed by atoms with Crippen LogP contribution in [0.5, 0.6) is 0 Å². The Morgan fingerprint density at radius 2 is 1.84 bits per heavy atom. The predicted molar refractivity (Wildman–Crippen MR) is 133 cm³/mol. The summed E-state index contributed by atoms with van der Waals surface area (Å²) in [6.07, 6.45) is 11.4. The maximum Gasteiger partial charge on any atom is 0.193 e. The summed E-state index contributed by atoms with van der Waals surface area (Å²) in [4.78, 5) is 11.5. The van der Waals surface area contributed by atoms with Gasteiger partial charge in [0, 0.05) is 32.7 Å². The SMILES string of the molecule is Cc1cccc(CCN2CCN(CCCC[C@H]3CN=C(N)N3CC3CCCCC3)C2=N)c1. The van der Waals surface area contributed by atoms with Gasteiger partial charge in [-0.25, -0.2) is 0 Å². The van der Waals surface area contributed by atoms with Crippen LogP contribution in [-0.2, 0) is 6.42 Å². The van der Waals surface area contributed by atoms with Gasteiger partial charge in [-0.1, -0.05) is 49.1 Å². The van der Waals surface area contributed by atoms with Crippen LogP contribution < -0.4 is 5.73 Å². The highest BCUT2D eigenvalue weighted by molar-refractivity contribution is 5.80. The second-order valence-corrected chi connectivity index (χ2v) is 10.0. The van der Waals surface area contributed by atoms with E-state index in [1.807, 2.05) is 0 Å². The molecule has 0 radical (unpaired) electrons. The van der Waals surface area contributed by atoms with Crippen molar-refractivity contribution in [2.45, 2.75) is 70.8 Å². The van der Waals surface area contributed by atoms with Gasteiger partial charge in [0.15, 0.2) is 11.9 Å². The van der Waals surface area contributed by atoms with Crippen LogP contribution in [0.4, 0.5) is 0 Å². The minimum atomic E-state index is 0.487. The first-order valence-corrected chi connectivity index (χ1v) is 12.8. The molecule has 0 amide bonds. The van der Waals surface area contributed by atoms with Gasteiger partial charge in [0.2, 0.25) is 0 Å². The zero-order valence-electron chi connectivity index (χ0n) is 19.9. The van der Waals surface area contributed by atoms with Crippen molar-refractivity contribution in [1.29, 1.82) is 5.41 Å². The molecule has 0 spiro atoms. The molecule has 4 rings (SSSR count). The number of unbranched alkanes of at least 4 members (excludes halogenated alkanes) is 1. The van der Waals surface area contributed by atoms with E-state index in [4.69, 9.17) is 11.1 Å². The van der Waals surface area contributed by atoms with Gasteiger partial charge in [-0.15, -0.1) is 0 Å². The third-order valence-electron chi connectivity index (χ3n) is 7.59. The lowest BCUT2D eigenvalue weighted by atomic mass is 9.88. The molecule has 0 aromatic heterocycles. The number of benzene rings is 1. The maximum absolute atomic E-state index is 8.58. The van der Waals surface area contributed by atoms with E-state index in [-0.39, 0.29) is 0 Å².